The summed E-state index contributed by atoms with van der Waals surface area (Å²) in [7, 11) is 8.28. The third-order valence-corrected chi connectivity index (χ3v) is 2.18. The normalized spacial score (nSPS) is 10.6. The highest BCUT2D eigenvalue weighted by Gasteiger charge is 1.95. The van der Waals surface area contributed by atoms with E-state index < -0.39 is 0 Å². The molecule has 0 atom stereocenters. The average Bonchev–Trinajstić information content (AvgIpc) is 2.09. The summed E-state index contributed by atoms with van der Waals surface area (Å²) in [6.07, 6.45) is 2.25. The molecular weight excluding hydrogens is 174 g/mol. The van der Waals surface area contributed by atoms with Crippen LogP contribution in [0, 0.1) is 0 Å². The molecule has 0 fully saturated rings. The van der Waals surface area contributed by atoms with Crippen LogP contribution >= 0.6 is 0 Å². The maximum atomic E-state index is 3.98. The Bertz CT molecular complexity index is 153. The zero-order valence-electron chi connectivity index (χ0n) is 10.1. The van der Waals surface area contributed by atoms with E-state index in [0.29, 0.717) is 0 Å². The second-order valence-electron chi connectivity index (χ2n) is 4.12. The van der Waals surface area contributed by atoms with Crippen molar-refractivity contribution in [3.63, 3.8) is 0 Å². The van der Waals surface area contributed by atoms with Crippen molar-refractivity contribution in [1.82, 2.24) is 15.1 Å². The summed E-state index contributed by atoms with van der Waals surface area (Å²) in [4.78, 5) is 4.28. The molecule has 0 aromatic heterocycles. The lowest BCUT2D eigenvalue weighted by atomic mass is 10.3. The van der Waals surface area contributed by atoms with Crippen LogP contribution in [0.2, 0.25) is 0 Å². The van der Waals surface area contributed by atoms with E-state index in [2.05, 4.69) is 35.8 Å². The molecule has 3 heteroatoms. The van der Waals surface area contributed by atoms with Crippen LogP contribution in [0.15, 0.2) is 12.3 Å². The molecule has 0 aliphatic heterocycles. The van der Waals surface area contributed by atoms with Gasteiger partial charge in [0.2, 0.25) is 0 Å². The topological polar surface area (TPSA) is 18.5 Å². The van der Waals surface area contributed by atoms with E-state index in [9.17, 15) is 0 Å². The van der Waals surface area contributed by atoms with Gasteiger partial charge in [-0.15, -0.1) is 0 Å². The predicted octanol–water partition coefficient (Wildman–Crippen LogP) is 0.993. The molecule has 0 saturated heterocycles. The van der Waals surface area contributed by atoms with Crippen LogP contribution in [-0.4, -0.2) is 57.6 Å². The first kappa shape index (κ1) is 13.5. The fourth-order valence-corrected chi connectivity index (χ4v) is 1.10. The summed E-state index contributed by atoms with van der Waals surface area (Å²) >= 11 is 0. The van der Waals surface area contributed by atoms with Crippen molar-refractivity contribution >= 4 is 0 Å². The Labute approximate surface area is 88.8 Å². The summed E-state index contributed by atoms with van der Waals surface area (Å²) in [5, 5.41) is 3.41. The van der Waals surface area contributed by atoms with Crippen molar-refractivity contribution in [2.45, 2.75) is 12.8 Å². The minimum atomic E-state index is 1.03. The number of nitrogens with zero attached hydrogens (tertiary/aromatic N) is 2. The van der Waals surface area contributed by atoms with Gasteiger partial charge in [0.05, 0.1) is 0 Å². The van der Waals surface area contributed by atoms with Gasteiger partial charge in [-0.25, -0.2) is 0 Å². The highest BCUT2D eigenvalue weighted by Crippen LogP contribution is 1.98. The third kappa shape index (κ3) is 8.08. The SMILES string of the molecule is C=C(CCNCCCN(C)C)N(C)C. The van der Waals surface area contributed by atoms with Crippen LogP contribution < -0.4 is 5.32 Å². The highest BCUT2D eigenvalue weighted by molar-refractivity contribution is 4.90. The van der Waals surface area contributed by atoms with Gasteiger partial charge in [0.25, 0.3) is 0 Å². The van der Waals surface area contributed by atoms with Crippen LogP contribution in [0.4, 0.5) is 0 Å². The van der Waals surface area contributed by atoms with Gasteiger partial charge in [0.1, 0.15) is 0 Å². The Morgan fingerprint density at radius 1 is 1.14 bits per heavy atom. The van der Waals surface area contributed by atoms with E-state index in [0.717, 1.165) is 26.1 Å². The lowest BCUT2D eigenvalue weighted by Gasteiger charge is -2.16. The molecule has 0 heterocycles. The van der Waals surface area contributed by atoms with Crippen molar-refractivity contribution in [2.24, 2.45) is 0 Å². The van der Waals surface area contributed by atoms with Crippen LogP contribution in [0.1, 0.15) is 12.8 Å². The maximum Gasteiger partial charge on any atom is 0.00672 e. The van der Waals surface area contributed by atoms with Crippen LogP contribution in [0.25, 0.3) is 0 Å². The number of hydrogen-bond acceptors (Lipinski definition) is 3. The van der Waals surface area contributed by atoms with Crippen molar-refractivity contribution in [2.75, 3.05) is 47.8 Å². The molecule has 14 heavy (non-hydrogen) atoms. The van der Waals surface area contributed by atoms with Crippen molar-refractivity contribution < 1.29 is 0 Å². The van der Waals surface area contributed by atoms with E-state index in [1.54, 1.807) is 0 Å². The van der Waals surface area contributed by atoms with Crippen molar-refractivity contribution in [1.29, 1.82) is 0 Å². The van der Waals surface area contributed by atoms with Gasteiger partial charge < -0.3 is 15.1 Å². The Kier molecular flexibility index (Phi) is 7.52. The molecule has 0 spiro atoms. The van der Waals surface area contributed by atoms with Gasteiger partial charge >= 0.3 is 0 Å². The Hall–Kier alpha value is -0.540. The smallest absolute Gasteiger partial charge is 0.00672 e. The molecule has 3 nitrogen and oxygen atoms in total. The Morgan fingerprint density at radius 2 is 1.79 bits per heavy atom. The van der Waals surface area contributed by atoms with Gasteiger partial charge in [-0.2, -0.15) is 0 Å². The van der Waals surface area contributed by atoms with Crippen LogP contribution in [0.5, 0.6) is 0 Å². The lowest BCUT2D eigenvalue weighted by Crippen LogP contribution is -2.23. The van der Waals surface area contributed by atoms with Gasteiger partial charge in [0, 0.05) is 26.3 Å². The highest BCUT2D eigenvalue weighted by atomic mass is 15.1. The van der Waals surface area contributed by atoms with E-state index in [4.69, 9.17) is 0 Å². The zero-order valence-corrected chi connectivity index (χ0v) is 10.1. The minimum Gasteiger partial charge on any atom is -0.381 e. The fourth-order valence-electron chi connectivity index (χ4n) is 1.10. The maximum absolute atomic E-state index is 3.98. The van der Waals surface area contributed by atoms with E-state index in [-0.39, 0.29) is 0 Å². The standard InChI is InChI=1S/C11H25N3/c1-11(14(4)5)7-9-12-8-6-10-13(2)3/h12H,1,6-10H2,2-5H3. The molecular formula is C11H25N3. The van der Waals surface area contributed by atoms with Crippen LogP contribution in [0.3, 0.4) is 0 Å². The van der Waals surface area contributed by atoms with E-state index >= 15 is 0 Å². The zero-order chi connectivity index (χ0) is 11.0. The molecule has 1 N–H and O–H groups in total. The molecule has 0 unspecified atom stereocenters. The quantitative estimate of drug-likeness (QED) is 0.588. The molecule has 0 amide bonds. The number of hydrogen-bond donors (Lipinski definition) is 1. The summed E-state index contributed by atoms with van der Waals surface area (Å²) in [6.45, 7) is 7.26. The molecule has 0 aromatic rings. The lowest BCUT2D eigenvalue weighted by molar-refractivity contribution is 0.393. The van der Waals surface area contributed by atoms with Crippen molar-refractivity contribution in [3.8, 4) is 0 Å². The van der Waals surface area contributed by atoms with Gasteiger partial charge in [-0.3, -0.25) is 0 Å². The molecule has 0 rings (SSSR count). The van der Waals surface area contributed by atoms with E-state index in [1.165, 1.54) is 12.1 Å². The van der Waals surface area contributed by atoms with E-state index in [1.807, 2.05) is 14.1 Å². The molecule has 84 valence electrons. The van der Waals surface area contributed by atoms with Crippen molar-refractivity contribution in [3.05, 3.63) is 12.3 Å². The average molecular weight is 199 g/mol. The molecule has 0 aromatic carbocycles. The summed E-state index contributed by atoms with van der Waals surface area (Å²) < 4.78 is 0. The monoisotopic (exact) mass is 199 g/mol. The Balaban J connectivity index is 3.18. The summed E-state index contributed by atoms with van der Waals surface area (Å²) in [5.41, 5.74) is 1.19. The molecule has 0 aliphatic carbocycles. The first-order valence-corrected chi connectivity index (χ1v) is 5.24. The molecule has 0 radical (unpaired) electrons. The summed E-state index contributed by atoms with van der Waals surface area (Å²) in [5.74, 6) is 0. The largest absolute Gasteiger partial charge is 0.381 e. The van der Waals surface area contributed by atoms with Gasteiger partial charge in [-0.05, 0) is 40.0 Å². The predicted molar refractivity (Wildman–Crippen MR) is 63.5 cm³/mol. The first-order valence-electron chi connectivity index (χ1n) is 5.24. The van der Waals surface area contributed by atoms with Gasteiger partial charge in [-0.1, -0.05) is 6.58 Å². The summed E-state index contributed by atoms with van der Waals surface area (Å²) in [6, 6.07) is 0. The van der Waals surface area contributed by atoms with Gasteiger partial charge in [0.15, 0.2) is 0 Å². The fraction of sp³-hybridized carbons (Fsp3) is 0.818. The molecule has 0 aliphatic rings. The second kappa shape index (κ2) is 7.83. The molecule has 0 saturated carbocycles. The number of rotatable bonds is 8. The van der Waals surface area contributed by atoms with Crippen LogP contribution in [-0.2, 0) is 0 Å². The molecule has 0 bridgehead atoms. The minimum absolute atomic E-state index is 1.03. The second-order valence-corrected chi connectivity index (χ2v) is 4.12. The number of nitrogens with one attached hydrogen (secondary N) is 1. The Morgan fingerprint density at radius 3 is 2.29 bits per heavy atom. The third-order valence-electron chi connectivity index (χ3n) is 2.18. The first-order chi connectivity index (χ1) is 6.54.